The van der Waals surface area contributed by atoms with E-state index < -0.39 is 50.2 Å². The highest BCUT2D eigenvalue weighted by molar-refractivity contribution is 7.90. The summed E-state index contributed by atoms with van der Waals surface area (Å²) in [5.74, 6) is -4.56. The van der Waals surface area contributed by atoms with Crippen LogP contribution in [0.1, 0.15) is 5.76 Å². The molecule has 0 fully saturated rings. The van der Waals surface area contributed by atoms with Gasteiger partial charge in [0, 0.05) is 23.4 Å². The molecule has 1 aromatic heterocycles. The van der Waals surface area contributed by atoms with Crippen LogP contribution in [-0.2, 0) is 16.4 Å². The van der Waals surface area contributed by atoms with E-state index in [2.05, 4.69) is 5.16 Å². The average molecular weight is 401 g/mol. The molecule has 27 heavy (non-hydrogen) atoms. The van der Waals surface area contributed by atoms with E-state index >= 15 is 0 Å². The van der Waals surface area contributed by atoms with Gasteiger partial charge in [-0.3, -0.25) is 0 Å². The van der Waals surface area contributed by atoms with Crippen LogP contribution < -0.4 is 0 Å². The van der Waals surface area contributed by atoms with E-state index in [4.69, 9.17) is 4.52 Å². The van der Waals surface area contributed by atoms with Crippen LogP contribution in [0.3, 0.4) is 0 Å². The molecule has 3 aromatic rings. The molecule has 5 nitrogen and oxygen atoms in total. The minimum atomic E-state index is -4.03. The number of hydrogen-bond acceptors (Lipinski definition) is 5. The van der Waals surface area contributed by atoms with E-state index in [0.717, 1.165) is 12.1 Å². The summed E-state index contributed by atoms with van der Waals surface area (Å²) in [4.78, 5) is -0.857. The van der Waals surface area contributed by atoms with Gasteiger partial charge in [0.15, 0.2) is 15.6 Å². The third kappa shape index (κ3) is 3.58. The largest absolute Gasteiger partial charge is 0.388 e. The highest BCUT2D eigenvalue weighted by atomic mass is 32.2. The van der Waals surface area contributed by atoms with Crippen molar-refractivity contribution in [1.29, 1.82) is 0 Å². The van der Waals surface area contributed by atoms with Gasteiger partial charge in [-0.15, -0.1) is 0 Å². The molecule has 3 rings (SSSR count). The van der Waals surface area contributed by atoms with Crippen molar-refractivity contribution in [3.8, 4) is 22.4 Å². The monoisotopic (exact) mass is 401 g/mol. The number of aliphatic hydroxyl groups excluding tert-OH is 1. The molecule has 0 saturated carbocycles. The van der Waals surface area contributed by atoms with Crippen LogP contribution in [0.5, 0.6) is 0 Å². The third-order valence-corrected chi connectivity index (χ3v) is 4.84. The second-order valence-electron chi connectivity index (χ2n) is 5.68. The van der Waals surface area contributed by atoms with Crippen LogP contribution in [0.4, 0.5) is 17.6 Å². The molecule has 0 unspecified atom stereocenters. The van der Waals surface area contributed by atoms with E-state index in [9.17, 15) is 31.1 Å². The van der Waals surface area contributed by atoms with E-state index in [1.165, 1.54) is 0 Å². The standard InChI is InChI=1S/C17H11F4NO4S/c1-27(24,25)15-6-12(20)11(5-13(15)21)16-14(7-23)26-22-17(16)8-2-9(18)4-10(19)3-8/h2-6,23H,7H2,1H3. The van der Waals surface area contributed by atoms with Gasteiger partial charge in [-0.05, 0) is 24.3 Å². The Labute approximate surface area is 150 Å². The van der Waals surface area contributed by atoms with E-state index in [-0.39, 0.29) is 22.6 Å². The maximum absolute atomic E-state index is 14.6. The van der Waals surface area contributed by atoms with Crippen molar-refractivity contribution >= 4 is 9.84 Å². The predicted octanol–water partition coefficient (Wildman–Crippen LogP) is 3.46. The Morgan fingerprint density at radius 3 is 2.19 bits per heavy atom. The van der Waals surface area contributed by atoms with Crippen molar-refractivity contribution in [2.45, 2.75) is 11.5 Å². The third-order valence-electron chi connectivity index (χ3n) is 3.73. The number of hydrogen-bond donors (Lipinski definition) is 1. The molecule has 0 saturated heterocycles. The van der Waals surface area contributed by atoms with Gasteiger partial charge in [0.25, 0.3) is 0 Å². The zero-order valence-electron chi connectivity index (χ0n) is 13.6. The van der Waals surface area contributed by atoms with Gasteiger partial charge in [-0.25, -0.2) is 26.0 Å². The van der Waals surface area contributed by atoms with Crippen molar-refractivity contribution < 1.29 is 35.6 Å². The van der Waals surface area contributed by atoms with Crippen LogP contribution in [0.2, 0.25) is 0 Å². The quantitative estimate of drug-likeness (QED) is 0.678. The Hall–Kier alpha value is -2.72. The summed E-state index contributed by atoms with van der Waals surface area (Å²) in [6.07, 6.45) is 0.712. The SMILES string of the molecule is CS(=O)(=O)c1cc(F)c(-c2c(-c3cc(F)cc(F)c3)noc2CO)cc1F. The number of rotatable bonds is 4. The lowest BCUT2D eigenvalue weighted by Crippen LogP contribution is -2.03. The second-order valence-corrected chi connectivity index (χ2v) is 7.66. The molecule has 0 amide bonds. The fourth-order valence-corrected chi connectivity index (χ4v) is 3.33. The Morgan fingerprint density at radius 2 is 1.63 bits per heavy atom. The fraction of sp³-hybridized carbons (Fsp3) is 0.118. The van der Waals surface area contributed by atoms with Crippen molar-refractivity contribution in [2.75, 3.05) is 6.26 Å². The molecule has 1 heterocycles. The van der Waals surface area contributed by atoms with E-state index in [0.29, 0.717) is 24.5 Å². The van der Waals surface area contributed by atoms with Gasteiger partial charge in [-0.2, -0.15) is 0 Å². The molecule has 2 aromatic carbocycles. The van der Waals surface area contributed by atoms with Gasteiger partial charge < -0.3 is 9.63 Å². The molecule has 10 heteroatoms. The van der Waals surface area contributed by atoms with Crippen molar-refractivity contribution in [1.82, 2.24) is 5.16 Å². The van der Waals surface area contributed by atoms with Gasteiger partial charge >= 0.3 is 0 Å². The molecule has 1 N–H and O–H groups in total. The minimum absolute atomic E-state index is 0.141. The van der Waals surface area contributed by atoms with E-state index in [1.54, 1.807) is 0 Å². The number of aliphatic hydroxyl groups is 1. The van der Waals surface area contributed by atoms with Crippen molar-refractivity contribution in [3.05, 3.63) is 59.4 Å². The first-order valence-corrected chi connectivity index (χ1v) is 9.26. The predicted molar refractivity (Wildman–Crippen MR) is 86.2 cm³/mol. The molecule has 0 aliphatic rings. The molecular formula is C17H11F4NO4S. The van der Waals surface area contributed by atoms with Crippen molar-refractivity contribution in [2.24, 2.45) is 0 Å². The Bertz CT molecular complexity index is 1120. The summed E-state index contributed by atoms with van der Waals surface area (Å²) in [6, 6.07) is 3.47. The average Bonchev–Trinajstić information content (AvgIpc) is 2.98. The highest BCUT2D eigenvalue weighted by Gasteiger charge is 2.25. The minimum Gasteiger partial charge on any atom is -0.388 e. The number of halogens is 4. The first kappa shape index (κ1) is 19.1. The van der Waals surface area contributed by atoms with Crippen LogP contribution in [0.15, 0.2) is 39.8 Å². The Balaban J connectivity index is 2.29. The van der Waals surface area contributed by atoms with Crippen LogP contribution >= 0.6 is 0 Å². The number of nitrogens with zero attached hydrogens (tertiary/aromatic N) is 1. The second kappa shape index (κ2) is 6.78. The van der Waals surface area contributed by atoms with Crippen molar-refractivity contribution in [3.63, 3.8) is 0 Å². The summed E-state index contributed by atoms with van der Waals surface area (Å²) < 4.78 is 83.8. The molecule has 0 atom stereocenters. The summed E-state index contributed by atoms with van der Waals surface area (Å²) in [7, 11) is -4.03. The zero-order valence-corrected chi connectivity index (χ0v) is 14.4. The lowest BCUT2D eigenvalue weighted by molar-refractivity contribution is 0.230. The van der Waals surface area contributed by atoms with Crippen LogP contribution in [-0.4, -0.2) is 24.9 Å². The molecule has 0 spiro atoms. The highest BCUT2D eigenvalue weighted by Crippen LogP contribution is 2.38. The first-order chi connectivity index (χ1) is 12.6. The summed E-state index contributed by atoms with van der Waals surface area (Å²) >= 11 is 0. The molecule has 0 radical (unpaired) electrons. The number of aromatic nitrogens is 1. The lowest BCUT2D eigenvalue weighted by Gasteiger charge is -2.08. The molecule has 0 aliphatic carbocycles. The Kier molecular flexibility index (Phi) is 4.79. The Morgan fingerprint density at radius 1 is 1.00 bits per heavy atom. The zero-order chi connectivity index (χ0) is 19.9. The van der Waals surface area contributed by atoms with Gasteiger partial charge in [0.05, 0.1) is 5.56 Å². The topological polar surface area (TPSA) is 80.4 Å². The van der Waals surface area contributed by atoms with Crippen LogP contribution in [0.25, 0.3) is 22.4 Å². The molecule has 0 bridgehead atoms. The van der Waals surface area contributed by atoms with Gasteiger partial charge in [0.2, 0.25) is 0 Å². The summed E-state index contributed by atoms with van der Waals surface area (Å²) in [5.41, 5.74) is -1.12. The maximum atomic E-state index is 14.6. The van der Waals surface area contributed by atoms with Gasteiger partial charge in [0.1, 0.15) is 40.5 Å². The molecule has 142 valence electrons. The number of sulfone groups is 1. The maximum Gasteiger partial charge on any atom is 0.178 e. The normalized spacial score (nSPS) is 11.8. The lowest BCUT2D eigenvalue weighted by atomic mass is 9.98. The summed E-state index contributed by atoms with van der Waals surface area (Å²) in [5, 5.41) is 13.0. The fourth-order valence-electron chi connectivity index (χ4n) is 2.60. The van der Waals surface area contributed by atoms with Crippen LogP contribution in [0, 0.1) is 23.3 Å². The first-order valence-electron chi connectivity index (χ1n) is 7.37. The molecular weight excluding hydrogens is 390 g/mol. The number of benzene rings is 2. The smallest absolute Gasteiger partial charge is 0.178 e. The molecule has 0 aliphatic heterocycles. The summed E-state index contributed by atoms with van der Waals surface area (Å²) in [6.45, 7) is -0.769. The van der Waals surface area contributed by atoms with Gasteiger partial charge in [-0.1, -0.05) is 5.16 Å². The van der Waals surface area contributed by atoms with E-state index in [1.807, 2.05) is 0 Å².